The Kier molecular flexibility index (Phi) is 7.04. The van der Waals surface area contributed by atoms with E-state index < -0.39 is 0 Å². The molecule has 0 saturated heterocycles. The summed E-state index contributed by atoms with van der Waals surface area (Å²) in [6.07, 6.45) is 5.52. The van der Waals surface area contributed by atoms with Crippen LogP contribution in [0.3, 0.4) is 0 Å². The molecule has 0 amide bonds. The van der Waals surface area contributed by atoms with Crippen LogP contribution in [0.4, 0.5) is 0 Å². The van der Waals surface area contributed by atoms with Crippen molar-refractivity contribution in [3.63, 3.8) is 0 Å². The summed E-state index contributed by atoms with van der Waals surface area (Å²) >= 11 is 0. The van der Waals surface area contributed by atoms with Crippen LogP contribution < -0.4 is 14.8 Å². The number of hydrogen-bond acceptors (Lipinski definition) is 3. The Hall–Kier alpha value is -1.22. The second kappa shape index (κ2) is 9.04. The summed E-state index contributed by atoms with van der Waals surface area (Å²) < 4.78 is 11.3. The molecule has 0 aromatic heterocycles. The van der Waals surface area contributed by atoms with Crippen LogP contribution in [-0.4, -0.2) is 19.8 Å². The molecular formula is C19H31NO2. The van der Waals surface area contributed by atoms with Crippen molar-refractivity contribution in [1.29, 1.82) is 0 Å². The van der Waals surface area contributed by atoms with Crippen LogP contribution in [-0.2, 0) is 6.54 Å². The van der Waals surface area contributed by atoms with Crippen LogP contribution in [0, 0.1) is 11.8 Å². The van der Waals surface area contributed by atoms with Gasteiger partial charge >= 0.3 is 0 Å². The summed E-state index contributed by atoms with van der Waals surface area (Å²) in [6, 6.07) is 6.16. The van der Waals surface area contributed by atoms with Gasteiger partial charge in [0.1, 0.15) is 11.5 Å². The summed E-state index contributed by atoms with van der Waals surface area (Å²) in [5.74, 6) is 3.59. The third-order valence-electron chi connectivity index (χ3n) is 4.53. The zero-order valence-electron chi connectivity index (χ0n) is 14.4. The van der Waals surface area contributed by atoms with Crippen molar-refractivity contribution in [3.8, 4) is 11.5 Å². The number of nitrogens with one attached hydrogen (secondary N) is 1. The highest BCUT2D eigenvalue weighted by Gasteiger charge is 2.17. The maximum absolute atomic E-state index is 5.76. The van der Waals surface area contributed by atoms with E-state index in [1.165, 1.54) is 31.2 Å². The first-order valence-electron chi connectivity index (χ1n) is 8.82. The average molecular weight is 305 g/mol. The molecule has 0 atom stereocenters. The third-order valence-corrected chi connectivity index (χ3v) is 4.53. The average Bonchev–Trinajstić information content (AvgIpc) is 2.52. The van der Waals surface area contributed by atoms with Crippen LogP contribution in [0.1, 0.15) is 52.0 Å². The minimum atomic E-state index is 0.684. The molecule has 3 nitrogen and oxygen atoms in total. The smallest absolute Gasteiger partial charge is 0.127 e. The van der Waals surface area contributed by atoms with E-state index in [1.807, 2.05) is 26.0 Å². The van der Waals surface area contributed by atoms with Gasteiger partial charge in [0.05, 0.1) is 13.2 Å². The molecule has 0 spiro atoms. The van der Waals surface area contributed by atoms with Gasteiger partial charge in [-0.3, -0.25) is 0 Å². The van der Waals surface area contributed by atoms with Crippen LogP contribution in [0.2, 0.25) is 0 Å². The van der Waals surface area contributed by atoms with Gasteiger partial charge in [0.25, 0.3) is 0 Å². The maximum atomic E-state index is 5.76. The molecule has 1 aliphatic carbocycles. The van der Waals surface area contributed by atoms with Crippen molar-refractivity contribution in [2.45, 2.75) is 53.0 Å². The quantitative estimate of drug-likeness (QED) is 0.772. The number of benzene rings is 1. The lowest BCUT2D eigenvalue weighted by atomic mass is 9.83. The van der Waals surface area contributed by atoms with E-state index in [4.69, 9.17) is 9.47 Å². The van der Waals surface area contributed by atoms with Crippen LogP contribution in [0.25, 0.3) is 0 Å². The molecule has 0 radical (unpaired) electrons. The van der Waals surface area contributed by atoms with E-state index in [0.717, 1.165) is 36.4 Å². The second-order valence-electron chi connectivity index (χ2n) is 6.39. The maximum Gasteiger partial charge on any atom is 0.127 e. The van der Waals surface area contributed by atoms with Gasteiger partial charge in [-0.15, -0.1) is 0 Å². The highest BCUT2D eigenvalue weighted by atomic mass is 16.5. The van der Waals surface area contributed by atoms with Crippen molar-refractivity contribution in [1.82, 2.24) is 5.32 Å². The van der Waals surface area contributed by atoms with E-state index in [1.54, 1.807) is 0 Å². The number of hydrogen-bond donors (Lipinski definition) is 1. The largest absolute Gasteiger partial charge is 0.494 e. The van der Waals surface area contributed by atoms with E-state index >= 15 is 0 Å². The highest BCUT2D eigenvalue weighted by Crippen LogP contribution is 2.28. The first-order chi connectivity index (χ1) is 10.7. The normalized spacial score (nSPS) is 21.6. The molecule has 1 N–H and O–H groups in total. The fourth-order valence-electron chi connectivity index (χ4n) is 3.17. The fraction of sp³-hybridized carbons (Fsp3) is 0.684. The zero-order chi connectivity index (χ0) is 15.8. The SMILES string of the molecule is CCOc1ccc(CNCC2CCC(C)CC2)c(OCC)c1. The van der Waals surface area contributed by atoms with E-state index in [2.05, 4.69) is 18.3 Å². The first kappa shape index (κ1) is 17.1. The van der Waals surface area contributed by atoms with Gasteiger partial charge in [-0.25, -0.2) is 0 Å². The van der Waals surface area contributed by atoms with Gasteiger partial charge in [-0.05, 0) is 51.1 Å². The van der Waals surface area contributed by atoms with Gasteiger partial charge < -0.3 is 14.8 Å². The Morgan fingerprint density at radius 3 is 2.45 bits per heavy atom. The topological polar surface area (TPSA) is 30.5 Å². The lowest BCUT2D eigenvalue weighted by molar-refractivity contribution is 0.280. The Balaban J connectivity index is 1.85. The van der Waals surface area contributed by atoms with Gasteiger partial charge in [0.2, 0.25) is 0 Å². The van der Waals surface area contributed by atoms with Crippen molar-refractivity contribution in [2.24, 2.45) is 11.8 Å². The molecule has 1 aliphatic rings. The minimum absolute atomic E-state index is 0.684. The van der Waals surface area contributed by atoms with Crippen molar-refractivity contribution >= 4 is 0 Å². The van der Waals surface area contributed by atoms with Crippen molar-refractivity contribution in [2.75, 3.05) is 19.8 Å². The molecule has 1 aromatic rings. The van der Waals surface area contributed by atoms with Gasteiger partial charge in [0.15, 0.2) is 0 Å². The van der Waals surface area contributed by atoms with Crippen LogP contribution in [0.15, 0.2) is 18.2 Å². The first-order valence-corrected chi connectivity index (χ1v) is 8.82. The number of ether oxygens (including phenoxy) is 2. The molecule has 1 saturated carbocycles. The molecule has 2 rings (SSSR count). The molecule has 124 valence electrons. The lowest BCUT2D eigenvalue weighted by Crippen LogP contribution is -2.25. The molecule has 0 heterocycles. The molecule has 1 fully saturated rings. The molecule has 3 heteroatoms. The fourth-order valence-corrected chi connectivity index (χ4v) is 3.17. The predicted octanol–water partition coefficient (Wildman–Crippen LogP) is 4.40. The van der Waals surface area contributed by atoms with Crippen LogP contribution in [0.5, 0.6) is 11.5 Å². The monoisotopic (exact) mass is 305 g/mol. The Morgan fingerprint density at radius 1 is 1.05 bits per heavy atom. The summed E-state index contributed by atoms with van der Waals surface area (Å²) in [6.45, 7) is 9.75. The second-order valence-corrected chi connectivity index (χ2v) is 6.39. The third kappa shape index (κ3) is 5.20. The van der Waals surface area contributed by atoms with Gasteiger partial charge in [-0.2, -0.15) is 0 Å². The zero-order valence-corrected chi connectivity index (χ0v) is 14.4. The molecule has 0 aliphatic heterocycles. The summed E-state index contributed by atoms with van der Waals surface area (Å²) in [4.78, 5) is 0. The number of rotatable bonds is 8. The summed E-state index contributed by atoms with van der Waals surface area (Å²) in [7, 11) is 0. The molecule has 1 aromatic carbocycles. The predicted molar refractivity (Wildman–Crippen MR) is 91.6 cm³/mol. The van der Waals surface area contributed by atoms with Gasteiger partial charge in [0, 0.05) is 18.2 Å². The summed E-state index contributed by atoms with van der Waals surface area (Å²) in [5, 5.41) is 3.62. The van der Waals surface area contributed by atoms with E-state index in [-0.39, 0.29) is 0 Å². The Bertz CT molecular complexity index is 439. The highest BCUT2D eigenvalue weighted by molar-refractivity contribution is 5.40. The van der Waals surface area contributed by atoms with E-state index in [0.29, 0.717) is 13.2 Å². The minimum Gasteiger partial charge on any atom is -0.494 e. The van der Waals surface area contributed by atoms with Crippen molar-refractivity contribution in [3.05, 3.63) is 23.8 Å². The summed E-state index contributed by atoms with van der Waals surface area (Å²) in [5.41, 5.74) is 1.22. The van der Waals surface area contributed by atoms with Gasteiger partial charge in [-0.1, -0.05) is 25.8 Å². The Morgan fingerprint density at radius 2 is 1.77 bits per heavy atom. The van der Waals surface area contributed by atoms with E-state index in [9.17, 15) is 0 Å². The molecule has 0 unspecified atom stereocenters. The molecule has 0 bridgehead atoms. The standard InChI is InChI=1S/C19H31NO2/c1-4-21-18-11-10-17(19(12-18)22-5-2)14-20-13-16-8-6-15(3)7-9-16/h10-12,15-16,20H,4-9,13-14H2,1-3H3. The molecule has 22 heavy (non-hydrogen) atoms. The Labute approximate surface area is 135 Å². The lowest BCUT2D eigenvalue weighted by Gasteiger charge is -2.26. The van der Waals surface area contributed by atoms with Crippen LogP contribution >= 0.6 is 0 Å². The molecular weight excluding hydrogens is 274 g/mol. The van der Waals surface area contributed by atoms with Crippen molar-refractivity contribution < 1.29 is 9.47 Å².